The van der Waals surface area contributed by atoms with Gasteiger partial charge in [0, 0.05) is 24.0 Å². The van der Waals surface area contributed by atoms with Gasteiger partial charge in [-0.05, 0) is 42.7 Å². The van der Waals surface area contributed by atoms with Crippen LogP contribution in [0.2, 0.25) is 10.0 Å². The molecule has 1 N–H and O–H groups in total. The molecule has 39 heavy (non-hydrogen) atoms. The zero-order chi connectivity index (χ0) is 28.6. The third kappa shape index (κ3) is 8.71. The second kappa shape index (κ2) is 13.8. The van der Waals surface area contributed by atoms with Crippen LogP contribution in [-0.2, 0) is 32.6 Å². The second-order valence-electron chi connectivity index (χ2n) is 9.40. The lowest BCUT2D eigenvalue weighted by atomic mass is 10.0. The Morgan fingerprint density at radius 1 is 0.923 bits per heavy atom. The van der Waals surface area contributed by atoms with Gasteiger partial charge in [-0.1, -0.05) is 90.8 Å². The molecule has 0 aliphatic rings. The summed E-state index contributed by atoms with van der Waals surface area (Å²) in [4.78, 5) is 29.1. The molecule has 0 saturated carbocycles. The van der Waals surface area contributed by atoms with E-state index in [1.54, 1.807) is 0 Å². The monoisotopic (exact) mass is 589 g/mol. The molecule has 0 aliphatic carbocycles. The first-order chi connectivity index (χ1) is 18.5. The van der Waals surface area contributed by atoms with E-state index in [-0.39, 0.29) is 40.6 Å². The molecule has 0 bridgehead atoms. The van der Waals surface area contributed by atoms with Crippen molar-refractivity contribution >= 4 is 50.7 Å². The van der Waals surface area contributed by atoms with Crippen molar-refractivity contribution in [3.8, 4) is 0 Å². The van der Waals surface area contributed by atoms with Gasteiger partial charge in [-0.15, -0.1) is 0 Å². The average Bonchev–Trinajstić information content (AvgIpc) is 2.91. The molecule has 0 radical (unpaired) electrons. The molecule has 3 aromatic carbocycles. The Morgan fingerprint density at radius 3 is 2.08 bits per heavy atom. The fraction of sp³-hybridized carbons (Fsp3) is 0.310. The van der Waals surface area contributed by atoms with E-state index >= 15 is 0 Å². The van der Waals surface area contributed by atoms with E-state index in [2.05, 4.69) is 5.32 Å². The third-order valence-electron chi connectivity index (χ3n) is 6.32. The molecule has 2 atom stereocenters. The highest BCUT2D eigenvalue weighted by Crippen LogP contribution is 2.31. The largest absolute Gasteiger partial charge is 0.352 e. The summed E-state index contributed by atoms with van der Waals surface area (Å²) in [5.41, 5.74) is 1.75. The number of carbonyl (C=O) groups is 2. The standard InChI is InChI=1S/C29H33Cl2N3O4S/c1-4-21(2)32-29(36)27(17-22-11-7-5-8-12-22)33(19-23-13-9-6-10-14-23)28(35)20-34(39(3,37)38)26-18-24(30)15-16-25(26)31/h5-16,18,21,27H,4,17,19-20H2,1-3H3,(H,32,36)/t21-,27+/m0/s1. The fourth-order valence-corrected chi connectivity index (χ4v) is 5.34. The van der Waals surface area contributed by atoms with Crippen LogP contribution in [0.15, 0.2) is 78.9 Å². The van der Waals surface area contributed by atoms with E-state index in [4.69, 9.17) is 23.2 Å². The maximum atomic E-state index is 14.0. The van der Waals surface area contributed by atoms with E-state index in [0.717, 1.165) is 21.7 Å². The Labute approximate surface area is 240 Å². The molecule has 10 heteroatoms. The Kier molecular flexibility index (Phi) is 10.8. The molecule has 0 unspecified atom stereocenters. The van der Waals surface area contributed by atoms with Gasteiger partial charge >= 0.3 is 0 Å². The highest BCUT2D eigenvalue weighted by molar-refractivity contribution is 7.92. The lowest BCUT2D eigenvalue weighted by molar-refractivity contribution is -0.140. The first kappa shape index (κ1) is 30.5. The van der Waals surface area contributed by atoms with Crippen LogP contribution in [0.4, 0.5) is 5.69 Å². The number of amides is 2. The molecule has 7 nitrogen and oxygen atoms in total. The van der Waals surface area contributed by atoms with Crippen LogP contribution >= 0.6 is 23.2 Å². The zero-order valence-electron chi connectivity index (χ0n) is 22.2. The van der Waals surface area contributed by atoms with Gasteiger partial charge in [-0.3, -0.25) is 13.9 Å². The van der Waals surface area contributed by atoms with Gasteiger partial charge in [0.05, 0.1) is 17.0 Å². The van der Waals surface area contributed by atoms with E-state index in [1.807, 2.05) is 74.5 Å². The minimum Gasteiger partial charge on any atom is -0.352 e. The first-order valence-corrected chi connectivity index (χ1v) is 15.2. The Bertz CT molecular complexity index is 1370. The number of halogens is 2. The summed E-state index contributed by atoms with van der Waals surface area (Å²) in [5, 5.41) is 3.40. The number of hydrogen-bond donors (Lipinski definition) is 1. The predicted molar refractivity (Wildman–Crippen MR) is 157 cm³/mol. The Morgan fingerprint density at radius 2 is 1.51 bits per heavy atom. The summed E-state index contributed by atoms with van der Waals surface area (Å²) >= 11 is 12.5. The Balaban J connectivity index is 2.06. The lowest BCUT2D eigenvalue weighted by Crippen LogP contribution is -2.54. The van der Waals surface area contributed by atoms with Crippen LogP contribution in [0.5, 0.6) is 0 Å². The van der Waals surface area contributed by atoms with Gasteiger partial charge in [0.1, 0.15) is 12.6 Å². The highest BCUT2D eigenvalue weighted by Gasteiger charge is 2.33. The molecule has 2 amide bonds. The molecule has 3 rings (SSSR count). The molecule has 0 aromatic heterocycles. The van der Waals surface area contributed by atoms with Crippen LogP contribution in [0.3, 0.4) is 0 Å². The summed E-state index contributed by atoms with van der Waals surface area (Å²) < 4.78 is 26.7. The van der Waals surface area contributed by atoms with Crippen LogP contribution in [0, 0.1) is 0 Å². The highest BCUT2D eigenvalue weighted by atomic mass is 35.5. The predicted octanol–water partition coefficient (Wildman–Crippen LogP) is 5.31. The maximum Gasteiger partial charge on any atom is 0.244 e. The van der Waals surface area contributed by atoms with Crippen LogP contribution in [-0.4, -0.2) is 50.0 Å². The van der Waals surface area contributed by atoms with Crippen LogP contribution in [0.25, 0.3) is 0 Å². The maximum absolute atomic E-state index is 14.0. The van der Waals surface area contributed by atoms with Gasteiger partial charge in [0.2, 0.25) is 21.8 Å². The molecular weight excluding hydrogens is 557 g/mol. The van der Waals surface area contributed by atoms with Gasteiger partial charge in [-0.25, -0.2) is 8.42 Å². The van der Waals surface area contributed by atoms with Crippen molar-refractivity contribution < 1.29 is 18.0 Å². The van der Waals surface area contributed by atoms with E-state index < -0.39 is 28.5 Å². The normalized spacial score (nSPS) is 12.8. The number of nitrogens with one attached hydrogen (secondary N) is 1. The van der Waals surface area contributed by atoms with Crippen molar-refractivity contribution in [2.75, 3.05) is 17.1 Å². The van der Waals surface area contributed by atoms with E-state index in [1.165, 1.54) is 23.1 Å². The smallest absolute Gasteiger partial charge is 0.244 e. The number of sulfonamides is 1. The SMILES string of the molecule is CC[C@H](C)NC(=O)[C@@H](Cc1ccccc1)N(Cc1ccccc1)C(=O)CN(c1cc(Cl)ccc1Cl)S(C)(=O)=O. The lowest BCUT2D eigenvalue weighted by Gasteiger charge is -2.34. The minimum absolute atomic E-state index is 0.0864. The van der Waals surface area contributed by atoms with Gasteiger partial charge in [0.25, 0.3) is 0 Å². The second-order valence-corrected chi connectivity index (χ2v) is 12.1. The van der Waals surface area contributed by atoms with Crippen molar-refractivity contribution in [3.63, 3.8) is 0 Å². The molecule has 0 saturated heterocycles. The van der Waals surface area contributed by atoms with Crippen molar-refractivity contribution in [2.24, 2.45) is 0 Å². The van der Waals surface area contributed by atoms with Gasteiger partial charge in [-0.2, -0.15) is 0 Å². The van der Waals surface area contributed by atoms with Crippen LogP contribution < -0.4 is 9.62 Å². The summed E-state index contributed by atoms with van der Waals surface area (Å²) in [5.74, 6) is -0.871. The molecular formula is C29H33Cl2N3O4S. The zero-order valence-corrected chi connectivity index (χ0v) is 24.5. The van der Waals surface area contributed by atoms with Gasteiger partial charge in [0.15, 0.2) is 0 Å². The number of nitrogens with zero attached hydrogens (tertiary/aromatic N) is 2. The summed E-state index contributed by atoms with van der Waals surface area (Å²) in [6.07, 6.45) is 1.96. The molecule has 0 aliphatic heterocycles. The fourth-order valence-electron chi connectivity index (χ4n) is 4.05. The minimum atomic E-state index is -3.94. The summed E-state index contributed by atoms with van der Waals surface area (Å²) in [6, 6.07) is 22.1. The first-order valence-electron chi connectivity index (χ1n) is 12.6. The van der Waals surface area contributed by atoms with Crippen LogP contribution in [0.1, 0.15) is 31.4 Å². The molecule has 3 aromatic rings. The molecule has 0 spiro atoms. The van der Waals surface area contributed by atoms with Crippen molar-refractivity contribution in [1.82, 2.24) is 10.2 Å². The van der Waals surface area contributed by atoms with Gasteiger partial charge < -0.3 is 10.2 Å². The summed E-state index contributed by atoms with van der Waals surface area (Å²) in [6.45, 7) is 3.40. The number of carbonyl (C=O) groups excluding carboxylic acids is 2. The number of hydrogen-bond acceptors (Lipinski definition) is 4. The number of rotatable bonds is 12. The Hall–Kier alpha value is -3.07. The van der Waals surface area contributed by atoms with Crippen molar-refractivity contribution in [3.05, 3.63) is 100 Å². The number of anilines is 1. The van der Waals surface area contributed by atoms with Crippen molar-refractivity contribution in [2.45, 2.75) is 45.3 Å². The average molecular weight is 591 g/mol. The third-order valence-corrected chi connectivity index (χ3v) is 8.01. The molecule has 0 fully saturated rings. The summed E-state index contributed by atoms with van der Waals surface area (Å²) in [7, 11) is -3.94. The molecule has 0 heterocycles. The van der Waals surface area contributed by atoms with Crippen molar-refractivity contribution in [1.29, 1.82) is 0 Å². The quantitative estimate of drug-likeness (QED) is 0.310. The van der Waals surface area contributed by atoms with E-state index in [0.29, 0.717) is 6.42 Å². The van der Waals surface area contributed by atoms with E-state index in [9.17, 15) is 18.0 Å². The number of benzene rings is 3. The topological polar surface area (TPSA) is 86.8 Å². The molecule has 208 valence electrons.